The lowest BCUT2D eigenvalue weighted by Gasteiger charge is -2.12. The van der Waals surface area contributed by atoms with Crippen LogP contribution in [-0.2, 0) is 17.8 Å². The molecule has 5 rings (SSSR count). The van der Waals surface area contributed by atoms with Gasteiger partial charge < -0.3 is 10.3 Å². The Labute approximate surface area is 162 Å². The first kappa shape index (κ1) is 16.7. The first-order valence-electron chi connectivity index (χ1n) is 8.73. The Morgan fingerprint density at radius 2 is 2.04 bits per heavy atom. The Morgan fingerprint density at radius 1 is 1.18 bits per heavy atom. The van der Waals surface area contributed by atoms with Crippen LogP contribution in [0.1, 0.15) is 11.3 Å². The number of carbonyl (C=O) groups is 2. The van der Waals surface area contributed by atoms with Crippen LogP contribution in [0.5, 0.6) is 0 Å². The van der Waals surface area contributed by atoms with Crippen molar-refractivity contribution in [3.8, 4) is 0 Å². The molecule has 4 aromatic rings. The number of hydrogen-bond acceptors (Lipinski definition) is 5. The van der Waals surface area contributed by atoms with E-state index in [1.54, 1.807) is 11.6 Å². The van der Waals surface area contributed by atoms with E-state index in [9.17, 15) is 14.4 Å². The van der Waals surface area contributed by atoms with Crippen molar-refractivity contribution < 1.29 is 9.59 Å². The molecule has 9 heteroatoms. The van der Waals surface area contributed by atoms with Gasteiger partial charge in [0.15, 0.2) is 4.96 Å². The molecule has 0 aliphatic carbocycles. The van der Waals surface area contributed by atoms with E-state index >= 15 is 0 Å². The molecule has 140 valence electrons. The molecule has 0 saturated carbocycles. The SMILES string of the molecule is O=C1N[C@@H](Cc2c[nH]c3ccccc23)C(=O)N1Cc1cc(=O)n2ccsc2n1. The number of aromatic amines is 1. The molecule has 1 atom stereocenters. The van der Waals surface area contributed by atoms with Gasteiger partial charge in [0.05, 0.1) is 12.2 Å². The number of para-hydroxylation sites is 1. The molecule has 0 unspecified atom stereocenters. The number of aromatic nitrogens is 3. The quantitative estimate of drug-likeness (QED) is 0.517. The van der Waals surface area contributed by atoms with E-state index in [1.807, 2.05) is 30.5 Å². The second-order valence-electron chi connectivity index (χ2n) is 6.63. The largest absolute Gasteiger partial charge is 0.361 e. The Hall–Kier alpha value is -3.46. The third-order valence-electron chi connectivity index (χ3n) is 4.88. The molecule has 1 aliphatic heterocycles. The topological polar surface area (TPSA) is 99.6 Å². The van der Waals surface area contributed by atoms with Gasteiger partial charge in [-0.25, -0.2) is 9.78 Å². The van der Waals surface area contributed by atoms with Crippen molar-refractivity contribution in [3.63, 3.8) is 0 Å². The van der Waals surface area contributed by atoms with Gasteiger partial charge in [0.2, 0.25) is 0 Å². The smallest absolute Gasteiger partial charge is 0.325 e. The Morgan fingerprint density at radius 3 is 2.93 bits per heavy atom. The maximum atomic E-state index is 12.8. The number of carbonyl (C=O) groups excluding carboxylic acids is 2. The summed E-state index contributed by atoms with van der Waals surface area (Å²) in [6.45, 7) is -0.0291. The Kier molecular flexibility index (Phi) is 3.76. The number of hydrogen-bond donors (Lipinski definition) is 2. The zero-order valence-electron chi connectivity index (χ0n) is 14.6. The molecule has 4 heterocycles. The molecule has 1 fully saturated rings. The first-order valence-corrected chi connectivity index (χ1v) is 9.61. The van der Waals surface area contributed by atoms with Crippen LogP contribution in [0.15, 0.2) is 52.9 Å². The summed E-state index contributed by atoms with van der Waals surface area (Å²) in [4.78, 5) is 46.5. The highest BCUT2D eigenvalue weighted by atomic mass is 32.1. The number of fused-ring (bicyclic) bond motifs is 2. The predicted octanol–water partition coefficient (Wildman–Crippen LogP) is 1.90. The summed E-state index contributed by atoms with van der Waals surface area (Å²) >= 11 is 1.32. The van der Waals surface area contributed by atoms with Crippen LogP contribution in [0.4, 0.5) is 4.79 Å². The van der Waals surface area contributed by atoms with Crippen molar-refractivity contribution in [3.05, 3.63) is 69.7 Å². The lowest BCUT2D eigenvalue weighted by molar-refractivity contribution is -0.127. The number of imide groups is 1. The summed E-state index contributed by atoms with van der Waals surface area (Å²) in [6, 6.07) is 8.06. The summed E-state index contributed by atoms with van der Waals surface area (Å²) in [5, 5.41) is 5.53. The van der Waals surface area contributed by atoms with Crippen molar-refractivity contribution in [2.45, 2.75) is 19.0 Å². The van der Waals surface area contributed by atoms with E-state index in [0.717, 1.165) is 21.4 Å². The highest BCUT2D eigenvalue weighted by Crippen LogP contribution is 2.21. The second-order valence-corrected chi connectivity index (χ2v) is 7.50. The van der Waals surface area contributed by atoms with Gasteiger partial charge in [-0.1, -0.05) is 18.2 Å². The van der Waals surface area contributed by atoms with E-state index < -0.39 is 12.1 Å². The molecule has 1 saturated heterocycles. The number of H-pyrrole nitrogens is 1. The maximum absolute atomic E-state index is 12.8. The van der Waals surface area contributed by atoms with Crippen molar-refractivity contribution in [2.24, 2.45) is 0 Å². The molecule has 3 amide bonds. The van der Waals surface area contributed by atoms with Gasteiger partial charge in [-0.3, -0.25) is 18.9 Å². The van der Waals surface area contributed by atoms with Crippen LogP contribution in [0.25, 0.3) is 15.9 Å². The molecular formula is C19H15N5O3S. The first-order chi connectivity index (χ1) is 13.6. The monoisotopic (exact) mass is 393 g/mol. The number of rotatable bonds is 4. The van der Waals surface area contributed by atoms with Gasteiger partial charge in [-0.2, -0.15) is 0 Å². The minimum Gasteiger partial charge on any atom is -0.361 e. The normalized spacial score (nSPS) is 17.0. The van der Waals surface area contributed by atoms with Gasteiger partial charge >= 0.3 is 6.03 Å². The second kappa shape index (κ2) is 6.31. The van der Waals surface area contributed by atoms with Gasteiger partial charge in [-0.15, -0.1) is 11.3 Å². The summed E-state index contributed by atoms with van der Waals surface area (Å²) in [5.41, 5.74) is 2.11. The minimum atomic E-state index is -0.640. The fourth-order valence-electron chi connectivity index (χ4n) is 3.52. The van der Waals surface area contributed by atoms with Crippen molar-refractivity contribution in [2.75, 3.05) is 0 Å². The van der Waals surface area contributed by atoms with E-state index in [4.69, 9.17) is 0 Å². The van der Waals surface area contributed by atoms with Gasteiger partial charge in [0.25, 0.3) is 11.5 Å². The number of urea groups is 1. The molecule has 2 N–H and O–H groups in total. The Balaban J connectivity index is 1.38. The fourth-order valence-corrected chi connectivity index (χ4v) is 4.25. The number of benzene rings is 1. The van der Waals surface area contributed by atoms with Crippen molar-refractivity contribution >= 4 is 39.1 Å². The molecule has 8 nitrogen and oxygen atoms in total. The molecule has 3 aromatic heterocycles. The van der Waals surface area contributed by atoms with Crippen molar-refractivity contribution in [1.29, 1.82) is 0 Å². The predicted molar refractivity (Wildman–Crippen MR) is 104 cm³/mol. The average molecular weight is 393 g/mol. The third kappa shape index (κ3) is 2.67. The fraction of sp³-hybridized carbons (Fsp3) is 0.158. The van der Waals surface area contributed by atoms with Crippen LogP contribution >= 0.6 is 11.3 Å². The van der Waals surface area contributed by atoms with Crippen LogP contribution in [0.3, 0.4) is 0 Å². The molecule has 0 radical (unpaired) electrons. The lowest BCUT2D eigenvalue weighted by Crippen LogP contribution is -2.32. The molecule has 0 bridgehead atoms. The molecule has 0 spiro atoms. The standard InChI is InChI=1S/C19H15N5O3S/c25-16-8-12(21-19-23(16)5-6-28-19)10-24-17(26)15(22-18(24)27)7-11-9-20-14-4-2-1-3-13(11)14/h1-6,8-9,15,20H,7,10H2,(H,22,27)/t15-/m0/s1. The van der Waals surface area contributed by atoms with Crippen LogP contribution in [0.2, 0.25) is 0 Å². The summed E-state index contributed by atoms with van der Waals surface area (Å²) < 4.78 is 1.43. The molecule has 28 heavy (non-hydrogen) atoms. The number of nitrogens with zero attached hydrogens (tertiary/aromatic N) is 3. The molecular weight excluding hydrogens is 378 g/mol. The third-order valence-corrected chi connectivity index (χ3v) is 5.64. The maximum Gasteiger partial charge on any atom is 0.325 e. The zero-order valence-corrected chi connectivity index (χ0v) is 15.4. The number of thiazole rings is 1. The highest BCUT2D eigenvalue weighted by Gasteiger charge is 2.38. The van der Waals surface area contributed by atoms with E-state index in [1.165, 1.54) is 21.8 Å². The van der Waals surface area contributed by atoms with E-state index in [2.05, 4.69) is 15.3 Å². The van der Waals surface area contributed by atoms with Gasteiger partial charge in [-0.05, 0) is 11.6 Å². The van der Waals surface area contributed by atoms with E-state index in [0.29, 0.717) is 17.1 Å². The highest BCUT2D eigenvalue weighted by molar-refractivity contribution is 7.15. The summed E-state index contributed by atoms with van der Waals surface area (Å²) in [7, 11) is 0. The van der Waals surface area contributed by atoms with Crippen LogP contribution in [-0.4, -0.2) is 37.2 Å². The van der Waals surface area contributed by atoms with Gasteiger partial charge in [0.1, 0.15) is 6.04 Å². The number of amides is 3. The zero-order chi connectivity index (χ0) is 19.3. The number of nitrogens with one attached hydrogen (secondary N) is 2. The Bertz CT molecular complexity index is 1290. The van der Waals surface area contributed by atoms with Gasteiger partial charge in [0, 0.05) is 41.2 Å². The van der Waals surface area contributed by atoms with Crippen LogP contribution in [0, 0.1) is 0 Å². The summed E-state index contributed by atoms with van der Waals surface area (Å²) in [6.07, 6.45) is 3.90. The minimum absolute atomic E-state index is 0.0291. The lowest BCUT2D eigenvalue weighted by atomic mass is 10.1. The molecule has 1 aliphatic rings. The van der Waals surface area contributed by atoms with Crippen molar-refractivity contribution in [1.82, 2.24) is 24.6 Å². The van der Waals surface area contributed by atoms with E-state index in [-0.39, 0.29) is 18.0 Å². The average Bonchev–Trinajstić information content (AvgIpc) is 3.38. The molecule has 1 aromatic carbocycles. The summed E-state index contributed by atoms with van der Waals surface area (Å²) in [5.74, 6) is -0.316. The van der Waals surface area contributed by atoms with Crippen LogP contribution < -0.4 is 10.9 Å².